The van der Waals surface area contributed by atoms with Crippen LogP contribution in [-0.4, -0.2) is 21.5 Å². The maximum atomic E-state index is 13.0. The van der Waals surface area contributed by atoms with Crippen LogP contribution >= 0.6 is 11.3 Å². The molecule has 2 aromatic heterocycles. The van der Waals surface area contributed by atoms with E-state index >= 15 is 0 Å². The van der Waals surface area contributed by atoms with E-state index in [-0.39, 0.29) is 24.1 Å². The number of hydrogen-bond donors (Lipinski definition) is 1. The summed E-state index contributed by atoms with van der Waals surface area (Å²) in [6, 6.07) is 8.68. The standard InChI is InChI=1S/C17H14FN3O4S/c1-10(22)19-8-13-6-7-15(26-13)14(23)9-21-17(24)25-16(20-21)11-2-4-12(18)5-3-11/h2-7H,8-9H2,1H3,(H,19,22). The normalized spacial score (nSPS) is 10.7. The van der Waals surface area contributed by atoms with Gasteiger partial charge >= 0.3 is 5.76 Å². The Kier molecular flexibility index (Phi) is 5.08. The first-order valence-electron chi connectivity index (χ1n) is 7.62. The number of nitrogens with one attached hydrogen (secondary N) is 1. The Morgan fingerprint density at radius 3 is 2.65 bits per heavy atom. The Labute approximate surface area is 151 Å². The predicted molar refractivity (Wildman–Crippen MR) is 92.3 cm³/mol. The summed E-state index contributed by atoms with van der Waals surface area (Å²) in [5.74, 6) is -1.63. The number of benzene rings is 1. The van der Waals surface area contributed by atoms with Gasteiger partial charge in [0, 0.05) is 17.4 Å². The highest BCUT2D eigenvalue weighted by Crippen LogP contribution is 2.18. The Balaban J connectivity index is 1.73. The highest BCUT2D eigenvalue weighted by atomic mass is 32.1. The zero-order chi connectivity index (χ0) is 18.7. The van der Waals surface area contributed by atoms with Gasteiger partial charge in [-0.25, -0.2) is 9.18 Å². The molecule has 0 unspecified atom stereocenters. The molecular formula is C17H14FN3O4S. The number of hydrogen-bond acceptors (Lipinski definition) is 6. The molecule has 0 aliphatic carbocycles. The maximum absolute atomic E-state index is 13.0. The van der Waals surface area contributed by atoms with Gasteiger partial charge in [-0.3, -0.25) is 9.59 Å². The molecule has 1 amide bonds. The molecule has 3 aromatic rings. The molecule has 0 spiro atoms. The van der Waals surface area contributed by atoms with Crippen molar-refractivity contribution in [2.24, 2.45) is 0 Å². The molecule has 0 bridgehead atoms. The largest absolute Gasteiger partial charge is 0.437 e. The van der Waals surface area contributed by atoms with Gasteiger partial charge in [-0.05, 0) is 36.4 Å². The van der Waals surface area contributed by atoms with E-state index in [0.29, 0.717) is 17.0 Å². The van der Waals surface area contributed by atoms with Crippen LogP contribution in [0.2, 0.25) is 0 Å². The fourth-order valence-corrected chi connectivity index (χ4v) is 3.04. The summed E-state index contributed by atoms with van der Waals surface area (Å²) in [6.07, 6.45) is 0. The third-order valence-electron chi connectivity index (χ3n) is 3.44. The fraction of sp³-hybridized carbons (Fsp3) is 0.176. The predicted octanol–water partition coefficient (Wildman–Crippen LogP) is 2.22. The van der Waals surface area contributed by atoms with E-state index in [1.165, 1.54) is 42.5 Å². The van der Waals surface area contributed by atoms with E-state index in [1.54, 1.807) is 12.1 Å². The Hall–Kier alpha value is -3.07. The molecule has 134 valence electrons. The van der Waals surface area contributed by atoms with Crippen molar-refractivity contribution in [1.82, 2.24) is 15.1 Å². The van der Waals surface area contributed by atoms with Gasteiger partial charge < -0.3 is 9.73 Å². The second kappa shape index (κ2) is 7.44. The lowest BCUT2D eigenvalue weighted by atomic mass is 10.2. The molecule has 0 radical (unpaired) electrons. The second-order valence-corrected chi connectivity index (χ2v) is 6.60. The number of carbonyl (C=O) groups is 2. The average Bonchev–Trinajstić information content (AvgIpc) is 3.21. The van der Waals surface area contributed by atoms with Crippen molar-refractivity contribution in [2.75, 3.05) is 0 Å². The van der Waals surface area contributed by atoms with Gasteiger partial charge in [-0.2, -0.15) is 4.68 Å². The summed E-state index contributed by atoms with van der Waals surface area (Å²) in [6.45, 7) is 1.48. The molecule has 3 rings (SSSR count). The lowest BCUT2D eigenvalue weighted by Gasteiger charge is -1.98. The van der Waals surface area contributed by atoms with Gasteiger partial charge in [0.15, 0.2) is 5.78 Å². The van der Waals surface area contributed by atoms with Crippen molar-refractivity contribution in [2.45, 2.75) is 20.0 Å². The van der Waals surface area contributed by atoms with Crippen LogP contribution in [0.4, 0.5) is 4.39 Å². The number of nitrogens with zero attached hydrogens (tertiary/aromatic N) is 2. The summed E-state index contributed by atoms with van der Waals surface area (Å²) in [4.78, 5) is 36.4. The number of carbonyl (C=O) groups excluding carboxylic acids is 2. The van der Waals surface area contributed by atoms with Gasteiger partial charge in [0.25, 0.3) is 0 Å². The Bertz CT molecular complexity index is 1000. The number of aromatic nitrogens is 2. The Morgan fingerprint density at radius 2 is 1.96 bits per heavy atom. The smallest absolute Gasteiger partial charge is 0.388 e. The first-order valence-corrected chi connectivity index (χ1v) is 8.44. The summed E-state index contributed by atoms with van der Waals surface area (Å²) >= 11 is 1.23. The van der Waals surface area contributed by atoms with Crippen molar-refractivity contribution in [3.8, 4) is 11.5 Å². The molecule has 1 aromatic carbocycles. The third kappa shape index (κ3) is 4.12. The third-order valence-corrected chi connectivity index (χ3v) is 4.57. The van der Waals surface area contributed by atoms with Crippen LogP contribution in [0.25, 0.3) is 11.5 Å². The average molecular weight is 375 g/mol. The van der Waals surface area contributed by atoms with E-state index in [2.05, 4.69) is 10.4 Å². The SMILES string of the molecule is CC(=O)NCc1ccc(C(=O)Cn2nc(-c3ccc(F)cc3)oc2=O)s1. The minimum Gasteiger partial charge on any atom is -0.388 e. The number of ketones is 1. The molecule has 0 fully saturated rings. The number of Topliss-reactive ketones (excluding diaryl/α,β-unsaturated/α-hetero) is 1. The van der Waals surface area contributed by atoms with Crippen molar-refractivity contribution in [1.29, 1.82) is 0 Å². The lowest BCUT2D eigenvalue weighted by molar-refractivity contribution is -0.119. The molecule has 0 saturated heterocycles. The highest BCUT2D eigenvalue weighted by Gasteiger charge is 2.16. The molecule has 1 N–H and O–H groups in total. The molecule has 2 heterocycles. The van der Waals surface area contributed by atoms with E-state index in [0.717, 1.165) is 9.56 Å². The Morgan fingerprint density at radius 1 is 1.23 bits per heavy atom. The number of halogens is 1. The van der Waals surface area contributed by atoms with Crippen molar-refractivity contribution >= 4 is 23.0 Å². The summed E-state index contributed by atoms with van der Waals surface area (Å²) in [7, 11) is 0. The van der Waals surface area contributed by atoms with Crippen LogP contribution in [0.3, 0.4) is 0 Å². The first kappa shape index (κ1) is 17.7. The highest BCUT2D eigenvalue weighted by molar-refractivity contribution is 7.14. The zero-order valence-corrected chi connectivity index (χ0v) is 14.5. The first-order chi connectivity index (χ1) is 12.4. The maximum Gasteiger partial charge on any atom is 0.437 e. The lowest BCUT2D eigenvalue weighted by Crippen LogP contribution is -2.21. The number of rotatable bonds is 6. The molecule has 0 saturated carbocycles. The van der Waals surface area contributed by atoms with E-state index in [4.69, 9.17) is 4.42 Å². The van der Waals surface area contributed by atoms with Crippen LogP contribution in [0.5, 0.6) is 0 Å². The second-order valence-electron chi connectivity index (χ2n) is 5.44. The molecule has 0 aliphatic heterocycles. The molecule has 7 nitrogen and oxygen atoms in total. The topological polar surface area (TPSA) is 94.2 Å². The monoisotopic (exact) mass is 375 g/mol. The van der Waals surface area contributed by atoms with Crippen LogP contribution in [0, 0.1) is 5.82 Å². The molecule has 26 heavy (non-hydrogen) atoms. The van der Waals surface area contributed by atoms with E-state index in [1.807, 2.05) is 0 Å². The van der Waals surface area contributed by atoms with Gasteiger partial charge in [0.1, 0.15) is 12.4 Å². The van der Waals surface area contributed by atoms with Crippen LogP contribution in [0.1, 0.15) is 21.5 Å². The van der Waals surface area contributed by atoms with Gasteiger partial charge in [-0.15, -0.1) is 16.4 Å². The molecule has 9 heteroatoms. The minimum absolute atomic E-state index is 0.0142. The van der Waals surface area contributed by atoms with E-state index in [9.17, 15) is 18.8 Å². The summed E-state index contributed by atoms with van der Waals surface area (Å²) in [5.41, 5.74) is 0.434. The van der Waals surface area contributed by atoms with Crippen LogP contribution in [-0.2, 0) is 17.9 Å². The van der Waals surface area contributed by atoms with Crippen molar-refractivity contribution in [3.63, 3.8) is 0 Å². The molecule has 0 aliphatic rings. The fourth-order valence-electron chi connectivity index (χ4n) is 2.16. The summed E-state index contributed by atoms with van der Waals surface area (Å²) in [5, 5.41) is 6.63. The molecule has 0 atom stereocenters. The van der Waals surface area contributed by atoms with Gasteiger partial charge in [-0.1, -0.05) is 0 Å². The quantitative estimate of drug-likeness (QED) is 0.667. The van der Waals surface area contributed by atoms with E-state index < -0.39 is 11.6 Å². The number of amides is 1. The molecular weight excluding hydrogens is 361 g/mol. The zero-order valence-electron chi connectivity index (χ0n) is 13.7. The minimum atomic E-state index is -0.771. The van der Waals surface area contributed by atoms with Crippen LogP contribution in [0.15, 0.2) is 45.6 Å². The van der Waals surface area contributed by atoms with Gasteiger partial charge in [0.2, 0.25) is 11.8 Å². The van der Waals surface area contributed by atoms with Crippen molar-refractivity contribution in [3.05, 3.63) is 62.5 Å². The van der Waals surface area contributed by atoms with Crippen molar-refractivity contribution < 1.29 is 18.4 Å². The summed E-state index contributed by atoms with van der Waals surface area (Å²) < 4.78 is 18.9. The van der Waals surface area contributed by atoms with Gasteiger partial charge in [0.05, 0.1) is 11.4 Å². The number of thiophene rings is 1. The van der Waals surface area contributed by atoms with Crippen LogP contribution < -0.4 is 11.1 Å².